The molecule has 0 bridgehead atoms. The van der Waals surface area contributed by atoms with E-state index in [2.05, 4.69) is 35.7 Å². The van der Waals surface area contributed by atoms with E-state index in [1.807, 2.05) is 0 Å². The monoisotopic (exact) mass is 254 g/mol. The lowest BCUT2D eigenvalue weighted by Crippen LogP contribution is -2.08. The van der Waals surface area contributed by atoms with Crippen molar-refractivity contribution >= 4 is 23.5 Å². The van der Waals surface area contributed by atoms with Gasteiger partial charge in [-0.1, -0.05) is 0 Å². The van der Waals surface area contributed by atoms with Gasteiger partial charge in [0.2, 0.25) is 17.2 Å². The van der Waals surface area contributed by atoms with Gasteiger partial charge in [0.1, 0.15) is 6.33 Å². The van der Waals surface area contributed by atoms with Gasteiger partial charge < -0.3 is 10.6 Å². The Bertz CT molecular complexity index is 510. The normalized spacial score (nSPS) is 10.3. The van der Waals surface area contributed by atoms with Crippen LogP contribution in [0.2, 0.25) is 5.28 Å². The van der Waals surface area contributed by atoms with Crippen molar-refractivity contribution in [2.75, 3.05) is 17.7 Å². The van der Waals surface area contributed by atoms with Crippen molar-refractivity contribution in [2.45, 2.75) is 6.54 Å². The first-order valence-electron chi connectivity index (χ1n) is 4.85. The van der Waals surface area contributed by atoms with Crippen molar-refractivity contribution in [3.05, 3.63) is 17.4 Å². The minimum atomic E-state index is 0.126. The molecule has 0 saturated heterocycles. The highest BCUT2D eigenvalue weighted by molar-refractivity contribution is 6.28. The maximum atomic E-state index is 5.74. The lowest BCUT2D eigenvalue weighted by molar-refractivity contribution is 0.746. The summed E-state index contributed by atoms with van der Waals surface area (Å²) in [5.41, 5.74) is 0. The average molecular weight is 255 g/mol. The summed E-state index contributed by atoms with van der Waals surface area (Å²) in [6.45, 7) is 0.421. The maximum absolute atomic E-state index is 5.74. The second-order valence-corrected chi connectivity index (χ2v) is 3.53. The molecule has 0 spiro atoms. The molecule has 2 aromatic heterocycles. The van der Waals surface area contributed by atoms with Crippen LogP contribution in [0.15, 0.2) is 6.33 Å². The van der Waals surface area contributed by atoms with Gasteiger partial charge in [0.05, 0.1) is 6.54 Å². The Kier molecular flexibility index (Phi) is 3.33. The Labute approximate surface area is 102 Å². The number of hydrogen-bond donors (Lipinski definition) is 2. The molecule has 17 heavy (non-hydrogen) atoms. The molecule has 0 fully saturated rings. The highest BCUT2D eigenvalue weighted by atomic mass is 35.5. The second kappa shape index (κ2) is 4.91. The molecule has 0 aliphatic heterocycles. The van der Waals surface area contributed by atoms with Gasteiger partial charge in [-0.2, -0.15) is 20.1 Å². The van der Waals surface area contributed by atoms with Crippen LogP contribution in [0.3, 0.4) is 0 Å². The molecule has 0 aromatic carbocycles. The first kappa shape index (κ1) is 11.5. The van der Waals surface area contributed by atoms with Crippen molar-refractivity contribution < 1.29 is 0 Å². The van der Waals surface area contributed by atoms with Gasteiger partial charge in [0, 0.05) is 14.1 Å². The van der Waals surface area contributed by atoms with Crippen LogP contribution in [-0.2, 0) is 13.6 Å². The van der Waals surface area contributed by atoms with Gasteiger partial charge in [-0.25, -0.2) is 4.98 Å². The van der Waals surface area contributed by atoms with Crippen molar-refractivity contribution in [3.63, 3.8) is 0 Å². The molecule has 0 unspecified atom stereocenters. The lowest BCUT2D eigenvalue weighted by atomic mass is 10.6. The number of anilines is 2. The van der Waals surface area contributed by atoms with Crippen LogP contribution >= 0.6 is 11.6 Å². The summed E-state index contributed by atoms with van der Waals surface area (Å²) in [5.74, 6) is 1.43. The van der Waals surface area contributed by atoms with Crippen LogP contribution in [0.1, 0.15) is 5.82 Å². The number of halogens is 1. The minimum Gasteiger partial charge on any atom is -0.357 e. The summed E-state index contributed by atoms with van der Waals surface area (Å²) in [4.78, 5) is 15.9. The third-order valence-corrected chi connectivity index (χ3v) is 2.05. The Hall–Kier alpha value is -1.96. The van der Waals surface area contributed by atoms with Crippen LogP contribution in [0.25, 0.3) is 0 Å². The average Bonchev–Trinajstić information content (AvgIpc) is 2.72. The van der Waals surface area contributed by atoms with Crippen molar-refractivity contribution in [1.82, 2.24) is 29.7 Å². The molecule has 0 atom stereocenters. The van der Waals surface area contributed by atoms with Crippen molar-refractivity contribution in [1.29, 1.82) is 0 Å². The standard InChI is InChI=1S/C8H11ClN8/c1-10-7-13-6(9)14-8(15-7)11-3-5-12-4-17(2)16-5/h4H,3H2,1-2H3,(H2,10,11,13,14,15). The smallest absolute Gasteiger partial charge is 0.229 e. The van der Waals surface area contributed by atoms with E-state index in [4.69, 9.17) is 11.6 Å². The van der Waals surface area contributed by atoms with E-state index in [1.165, 1.54) is 0 Å². The predicted molar refractivity (Wildman–Crippen MR) is 62.7 cm³/mol. The molecule has 2 N–H and O–H groups in total. The molecular weight excluding hydrogens is 244 g/mol. The SMILES string of the molecule is CNc1nc(Cl)nc(NCc2ncn(C)n2)n1. The van der Waals surface area contributed by atoms with Crippen LogP contribution < -0.4 is 10.6 Å². The minimum absolute atomic E-state index is 0.126. The molecule has 0 radical (unpaired) electrons. The molecule has 90 valence electrons. The number of nitrogens with one attached hydrogen (secondary N) is 2. The van der Waals surface area contributed by atoms with E-state index in [0.717, 1.165) is 0 Å². The second-order valence-electron chi connectivity index (χ2n) is 3.19. The van der Waals surface area contributed by atoms with E-state index >= 15 is 0 Å². The first-order valence-corrected chi connectivity index (χ1v) is 5.23. The predicted octanol–water partition coefficient (Wildman–Crippen LogP) is 0.307. The topological polar surface area (TPSA) is 93.4 Å². The third kappa shape index (κ3) is 3.00. The van der Waals surface area contributed by atoms with E-state index in [1.54, 1.807) is 25.1 Å². The molecule has 0 amide bonds. The highest BCUT2D eigenvalue weighted by Crippen LogP contribution is 2.09. The number of rotatable bonds is 4. The van der Waals surface area contributed by atoms with E-state index in [9.17, 15) is 0 Å². The van der Waals surface area contributed by atoms with Gasteiger partial charge in [0.15, 0.2) is 5.82 Å². The molecular formula is C8H11ClN8. The summed E-state index contributed by atoms with van der Waals surface area (Å²) < 4.78 is 1.62. The largest absolute Gasteiger partial charge is 0.357 e. The Morgan fingerprint density at radius 3 is 2.71 bits per heavy atom. The lowest BCUT2D eigenvalue weighted by Gasteiger charge is -2.04. The fourth-order valence-electron chi connectivity index (χ4n) is 1.16. The summed E-state index contributed by atoms with van der Waals surface area (Å²) in [5, 5.41) is 9.99. The van der Waals surface area contributed by atoms with Crippen LogP contribution in [-0.4, -0.2) is 36.8 Å². The zero-order chi connectivity index (χ0) is 12.3. The van der Waals surface area contributed by atoms with Crippen LogP contribution in [0, 0.1) is 0 Å². The number of aryl methyl sites for hydroxylation is 1. The summed E-state index contributed by atoms with van der Waals surface area (Å²) in [6, 6.07) is 0. The van der Waals surface area contributed by atoms with Gasteiger partial charge >= 0.3 is 0 Å². The van der Waals surface area contributed by atoms with E-state index in [0.29, 0.717) is 24.3 Å². The fraction of sp³-hybridized carbons (Fsp3) is 0.375. The molecule has 8 nitrogen and oxygen atoms in total. The van der Waals surface area contributed by atoms with Gasteiger partial charge in [-0.15, -0.1) is 0 Å². The first-order chi connectivity index (χ1) is 8.17. The molecule has 2 aromatic rings. The Morgan fingerprint density at radius 1 is 1.29 bits per heavy atom. The Balaban J connectivity index is 2.05. The zero-order valence-electron chi connectivity index (χ0n) is 9.35. The highest BCUT2D eigenvalue weighted by Gasteiger charge is 2.04. The van der Waals surface area contributed by atoms with E-state index in [-0.39, 0.29) is 5.28 Å². The molecule has 0 aliphatic rings. The summed E-state index contributed by atoms with van der Waals surface area (Å²) >= 11 is 5.74. The van der Waals surface area contributed by atoms with Gasteiger partial charge in [-0.05, 0) is 11.6 Å². The number of nitrogens with zero attached hydrogens (tertiary/aromatic N) is 6. The summed E-state index contributed by atoms with van der Waals surface area (Å²) in [6.07, 6.45) is 1.62. The fourth-order valence-corrected chi connectivity index (χ4v) is 1.32. The van der Waals surface area contributed by atoms with Crippen LogP contribution in [0.4, 0.5) is 11.9 Å². The maximum Gasteiger partial charge on any atom is 0.229 e. The third-order valence-electron chi connectivity index (χ3n) is 1.88. The number of hydrogen-bond acceptors (Lipinski definition) is 7. The molecule has 0 saturated carbocycles. The molecule has 2 heterocycles. The Morgan fingerprint density at radius 2 is 2.06 bits per heavy atom. The molecule has 2 rings (SSSR count). The van der Waals surface area contributed by atoms with E-state index < -0.39 is 0 Å². The van der Waals surface area contributed by atoms with Crippen molar-refractivity contribution in [2.24, 2.45) is 7.05 Å². The molecule has 9 heteroatoms. The quantitative estimate of drug-likeness (QED) is 0.811. The van der Waals surface area contributed by atoms with Crippen LogP contribution in [0.5, 0.6) is 0 Å². The summed E-state index contributed by atoms with van der Waals surface area (Å²) in [7, 11) is 3.51. The van der Waals surface area contributed by atoms with Gasteiger partial charge in [0.25, 0.3) is 0 Å². The number of aromatic nitrogens is 6. The zero-order valence-corrected chi connectivity index (χ0v) is 10.1. The van der Waals surface area contributed by atoms with Gasteiger partial charge in [-0.3, -0.25) is 4.68 Å². The van der Waals surface area contributed by atoms with Crippen molar-refractivity contribution in [3.8, 4) is 0 Å². The molecule has 0 aliphatic carbocycles.